The average molecular weight is 467 g/mol. The standard InChI is InChI=1S/C20H19ClN2O5S2/c1-27-17-6-2-4-14(10-17)20-23-16(13-29-20)12-28-19(24)8-9-22-30(25,26)18-7-3-5-15(21)11-18/h2-7,10-11,13,22H,8-9,12H2,1H3. The number of carbonyl (C=O) groups excluding carboxylic acids is 1. The Kier molecular flexibility index (Phi) is 7.43. The molecule has 3 aromatic rings. The molecule has 0 saturated carbocycles. The molecule has 0 fully saturated rings. The highest BCUT2D eigenvalue weighted by Gasteiger charge is 2.15. The minimum atomic E-state index is -3.74. The van der Waals surface area contributed by atoms with E-state index >= 15 is 0 Å². The summed E-state index contributed by atoms with van der Waals surface area (Å²) < 4.78 is 37.1. The highest BCUT2D eigenvalue weighted by molar-refractivity contribution is 7.89. The van der Waals surface area contributed by atoms with Crippen LogP contribution in [-0.4, -0.2) is 33.0 Å². The van der Waals surface area contributed by atoms with Crippen molar-refractivity contribution in [3.63, 3.8) is 0 Å². The minimum absolute atomic E-state index is 0.0142. The van der Waals surface area contributed by atoms with E-state index in [9.17, 15) is 13.2 Å². The van der Waals surface area contributed by atoms with Gasteiger partial charge in [0, 0.05) is 22.5 Å². The van der Waals surface area contributed by atoms with Crippen molar-refractivity contribution in [2.75, 3.05) is 13.7 Å². The van der Waals surface area contributed by atoms with Crippen LogP contribution in [0.1, 0.15) is 12.1 Å². The van der Waals surface area contributed by atoms with Gasteiger partial charge in [0.15, 0.2) is 0 Å². The molecule has 3 rings (SSSR count). The molecule has 2 aromatic carbocycles. The topological polar surface area (TPSA) is 94.6 Å². The number of halogens is 1. The molecule has 0 spiro atoms. The van der Waals surface area contributed by atoms with E-state index in [1.807, 2.05) is 29.6 Å². The van der Waals surface area contributed by atoms with Crippen LogP contribution in [0.15, 0.2) is 58.8 Å². The normalized spacial score (nSPS) is 11.3. The molecular formula is C20H19ClN2O5S2. The summed E-state index contributed by atoms with van der Waals surface area (Å²) in [6.45, 7) is -0.0693. The van der Waals surface area contributed by atoms with Crippen LogP contribution in [0.3, 0.4) is 0 Å². The van der Waals surface area contributed by atoms with Crippen molar-refractivity contribution >= 4 is 38.9 Å². The number of benzene rings is 2. The van der Waals surface area contributed by atoms with Crippen LogP contribution >= 0.6 is 22.9 Å². The van der Waals surface area contributed by atoms with Gasteiger partial charge in [-0.1, -0.05) is 29.8 Å². The summed E-state index contributed by atoms with van der Waals surface area (Å²) in [5.41, 5.74) is 1.53. The van der Waals surface area contributed by atoms with Gasteiger partial charge in [-0.05, 0) is 30.3 Å². The first-order valence-corrected chi connectivity index (χ1v) is 11.6. The van der Waals surface area contributed by atoms with Gasteiger partial charge >= 0.3 is 5.97 Å². The molecule has 0 amide bonds. The van der Waals surface area contributed by atoms with Crippen molar-refractivity contribution in [1.29, 1.82) is 0 Å². The van der Waals surface area contributed by atoms with Crippen LogP contribution in [0.4, 0.5) is 0 Å². The van der Waals surface area contributed by atoms with E-state index in [1.54, 1.807) is 19.2 Å². The molecule has 1 heterocycles. The molecule has 0 radical (unpaired) electrons. The lowest BCUT2D eigenvalue weighted by molar-refractivity contribution is -0.144. The predicted molar refractivity (Wildman–Crippen MR) is 115 cm³/mol. The van der Waals surface area contributed by atoms with Crippen molar-refractivity contribution in [3.8, 4) is 16.3 Å². The second kappa shape index (κ2) is 10.0. The zero-order valence-electron chi connectivity index (χ0n) is 16.0. The predicted octanol–water partition coefficient (Wildman–Crippen LogP) is 3.88. The van der Waals surface area contributed by atoms with E-state index in [2.05, 4.69) is 9.71 Å². The molecule has 30 heavy (non-hydrogen) atoms. The maximum Gasteiger partial charge on any atom is 0.307 e. The maximum atomic E-state index is 12.2. The Morgan fingerprint density at radius 1 is 1.20 bits per heavy atom. The van der Waals surface area contributed by atoms with Crippen molar-refractivity contribution in [2.24, 2.45) is 0 Å². The lowest BCUT2D eigenvalue weighted by Gasteiger charge is -2.07. The van der Waals surface area contributed by atoms with Gasteiger partial charge < -0.3 is 9.47 Å². The van der Waals surface area contributed by atoms with Gasteiger partial charge in [0.05, 0.1) is 24.1 Å². The zero-order valence-corrected chi connectivity index (χ0v) is 18.4. The lowest BCUT2D eigenvalue weighted by atomic mass is 10.2. The molecule has 158 valence electrons. The van der Waals surface area contributed by atoms with Crippen LogP contribution in [0.2, 0.25) is 5.02 Å². The number of aromatic nitrogens is 1. The summed E-state index contributed by atoms with van der Waals surface area (Å²) in [6, 6.07) is 13.4. The van der Waals surface area contributed by atoms with Gasteiger partial charge in [0.25, 0.3) is 0 Å². The van der Waals surface area contributed by atoms with Crippen LogP contribution in [-0.2, 0) is 26.2 Å². The number of carbonyl (C=O) groups is 1. The van der Waals surface area contributed by atoms with Crippen LogP contribution in [0.5, 0.6) is 5.75 Å². The van der Waals surface area contributed by atoms with Crippen molar-refractivity contribution in [1.82, 2.24) is 9.71 Å². The summed E-state index contributed by atoms with van der Waals surface area (Å²) >= 11 is 7.25. The van der Waals surface area contributed by atoms with E-state index in [4.69, 9.17) is 21.1 Å². The Labute approximate surface area is 183 Å². The third kappa shape index (κ3) is 6.02. The fraction of sp³-hybridized carbons (Fsp3) is 0.200. The van der Waals surface area contributed by atoms with E-state index in [0.717, 1.165) is 16.3 Å². The van der Waals surface area contributed by atoms with E-state index in [0.29, 0.717) is 10.7 Å². The van der Waals surface area contributed by atoms with E-state index in [1.165, 1.54) is 23.5 Å². The second-order valence-electron chi connectivity index (χ2n) is 6.14. The van der Waals surface area contributed by atoms with Crippen molar-refractivity contribution in [2.45, 2.75) is 17.9 Å². The Morgan fingerprint density at radius 3 is 2.77 bits per heavy atom. The summed E-state index contributed by atoms with van der Waals surface area (Å²) in [5, 5.41) is 2.91. The molecule has 0 bridgehead atoms. The van der Waals surface area contributed by atoms with Crippen molar-refractivity contribution < 1.29 is 22.7 Å². The highest BCUT2D eigenvalue weighted by Crippen LogP contribution is 2.27. The maximum absolute atomic E-state index is 12.2. The molecule has 0 aliphatic heterocycles. The largest absolute Gasteiger partial charge is 0.497 e. The summed E-state index contributed by atoms with van der Waals surface area (Å²) in [4.78, 5) is 16.4. The zero-order chi connectivity index (χ0) is 21.6. The number of thiazole rings is 1. The number of esters is 1. The molecule has 1 N–H and O–H groups in total. The fourth-order valence-electron chi connectivity index (χ4n) is 2.49. The number of rotatable bonds is 9. The third-order valence-corrected chi connectivity index (χ3v) is 6.61. The van der Waals surface area contributed by atoms with Crippen LogP contribution in [0, 0.1) is 0 Å². The van der Waals surface area contributed by atoms with Gasteiger partial charge in [-0.2, -0.15) is 0 Å². The smallest absolute Gasteiger partial charge is 0.307 e. The fourth-order valence-corrected chi connectivity index (χ4v) is 4.63. The molecule has 0 unspecified atom stereocenters. The second-order valence-corrected chi connectivity index (χ2v) is 9.20. The molecule has 0 saturated heterocycles. The molecule has 0 aliphatic carbocycles. The lowest BCUT2D eigenvalue weighted by Crippen LogP contribution is -2.26. The number of hydrogen-bond donors (Lipinski definition) is 1. The molecule has 1 aromatic heterocycles. The summed E-state index contributed by atoms with van der Waals surface area (Å²) in [6.07, 6.45) is -0.104. The number of hydrogen-bond acceptors (Lipinski definition) is 7. The summed E-state index contributed by atoms with van der Waals surface area (Å²) in [7, 11) is -2.14. The number of ether oxygens (including phenoxy) is 2. The first-order chi connectivity index (χ1) is 14.4. The van der Waals surface area contributed by atoms with Gasteiger partial charge in [0.1, 0.15) is 17.4 Å². The molecule has 0 atom stereocenters. The Balaban J connectivity index is 1.48. The van der Waals surface area contributed by atoms with E-state index in [-0.39, 0.29) is 24.5 Å². The monoisotopic (exact) mass is 466 g/mol. The molecule has 10 heteroatoms. The third-order valence-electron chi connectivity index (χ3n) is 3.98. The SMILES string of the molecule is COc1cccc(-c2nc(COC(=O)CCNS(=O)(=O)c3cccc(Cl)c3)cs2)c1. The minimum Gasteiger partial charge on any atom is -0.497 e. The van der Waals surface area contributed by atoms with Crippen LogP contribution < -0.4 is 9.46 Å². The number of nitrogens with zero attached hydrogens (tertiary/aromatic N) is 1. The van der Waals surface area contributed by atoms with Gasteiger partial charge in [0.2, 0.25) is 10.0 Å². The summed E-state index contributed by atoms with van der Waals surface area (Å²) in [5.74, 6) is 0.204. The molecule has 0 aliphatic rings. The highest BCUT2D eigenvalue weighted by atomic mass is 35.5. The van der Waals surface area contributed by atoms with E-state index < -0.39 is 16.0 Å². The quantitative estimate of drug-likeness (QED) is 0.481. The molecular weight excluding hydrogens is 448 g/mol. The Bertz CT molecular complexity index is 1130. The average Bonchev–Trinajstić information content (AvgIpc) is 3.21. The van der Waals surface area contributed by atoms with Crippen molar-refractivity contribution in [3.05, 3.63) is 64.6 Å². The number of nitrogens with one attached hydrogen (secondary N) is 1. The first-order valence-electron chi connectivity index (χ1n) is 8.87. The van der Waals surface area contributed by atoms with Crippen LogP contribution in [0.25, 0.3) is 10.6 Å². The number of sulfonamides is 1. The van der Waals surface area contributed by atoms with Gasteiger partial charge in [-0.15, -0.1) is 11.3 Å². The van der Waals surface area contributed by atoms with Gasteiger partial charge in [-0.3, -0.25) is 4.79 Å². The van der Waals surface area contributed by atoms with Gasteiger partial charge in [-0.25, -0.2) is 18.1 Å². The Hall–Kier alpha value is -2.46. The first kappa shape index (κ1) is 22.2. The number of methoxy groups -OCH3 is 1. The molecule has 7 nitrogen and oxygen atoms in total. The Morgan fingerprint density at radius 2 is 2.00 bits per heavy atom.